The molecule has 1 aromatic heterocycles. The maximum absolute atomic E-state index is 4.19. The van der Waals surface area contributed by atoms with E-state index in [1.807, 2.05) is 0 Å². The summed E-state index contributed by atoms with van der Waals surface area (Å²) in [5.74, 6) is 0.686. The molecule has 0 atom stereocenters. The van der Waals surface area contributed by atoms with Crippen LogP contribution in [0.1, 0.15) is 13.8 Å². The van der Waals surface area contributed by atoms with E-state index >= 15 is 0 Å². The van der Waals surface area contributed by atoms with Gasteiger partial charge in [-0.1, -0.05) is 0 Å². The second kappa shape index (κ2) is 5.07. The highest BCUT2D eigenvalue weighted by Gasteiger charge is 2.20. The third-order valence-electron chi connectivity index (χ3n) is 2.51. The summed E-state index contributed by atoms with van der Waals surface area (Å²) in [5, 5.41) is 3.23. The third kappa shape index (κ3) is 3.90. The molecule has 0 aliphatic carbocycles. The fourth-order valence-corrected chi connectivity index (χ4v) is 1.14. The first-order chi connectivity index (χ1) is 6.92. The van der Waals surface area contributed by atoms with Crippen LogP contribution in [-0.4, -0.2) is 41.0 Å². The van der Waals surface area contributed by atoms with Crippen molar-refractivity contribution in [3.8, 4) is 0 Å². The molecule has 0 saturated carbocycles. The average molecular weight is 320 g/mol. The van der Waals surface area contributed by atoms with Gasteiger partial charge in [0.25, 0.3) is 0 Å². The van der Waals surface area contributed by atoms with Crippen molar-refractivity contribution in [3.63, 3.8) is 0 Å². The number of halogens is 1. The molecule has 0 amide bonds. The maximum atomic E-state index is 4.19. The summed E-state index contributed by atoms with van der Waals surface area (Å²) in [6, 6.07) is 0. The lowest BCUT2D eigenvalue weighted by Gasteiger charge is -2.32. The SMILES string of the molecule is CN(C)C(C)(C)CNc1ncc(I)cn1. The van der Waals surface area contributed by atoms with Crippen LogP contribution in [0.4, 0.5) is 5.95 Å². The third-order valence-corrected chi connectivity index (χ3v) is 3.07. The molecule has 0 spiro atoms. The Morgan fingerprint density at radius 1 is 1.33 bits per heavy atom. The van der Waals surface area contributed by atoms with Gasteiger partial charge in [0.05, 0.1) is 0 Å². The van der Waals surface area contributed by atoms with Crippen LogP contribution in [0.5, 0.6) is 0 Å². The number of nitrogens with zero attached hydrogens (tertiary/aromatic N) is 3. The zero-order chi connectivity index (χ0) is 11.5. The van der Waals surface area contributed by atoms with Gasteiger partial charge in [0.1, 0.15) is 0 Å². The Balaban J connectivity index is 2.54. The Kier molecular flexibility index (Phi) is 4.27. The van der Waals surface area contributed by atoms with Gasteiger partial charge in [0.2, 0.25) is 5.95 Å². The van der Waals surface area contributed by atoms with Crippen LogP contribution in [0.3, 0.4) is 0 Å². The minimum atomic E-state index is 0.0896. The molecule has 1 N–H and O–H groups in total. The van der Waals surface area contributed by atoms with Gasteiger partial charge in [-0.15, -0.1) is 0 Å². The molecule has 0 radical (unpaired) electrons. The van der Waals surface area contributed by atoms with Gasteiger partial charge in [-0.2, -0.15) is 0 Å². The molecule has 4 nitrogen and oxygen atoms in total. The van der Waals surface area contributed by atoms with Crippen molar-refractivity contribution in [1.82, 2.24) is 14.9 Å². The molecular formula is C10H17IN4. The molecule has 0 fully saturated rings. The van der Waals surface area contributed by atoms with Crippen LogP contribution in [0.2, 0.25) is 0 Å². The molecule has 5 heteroatoms. The molecule has 0 aromatic carbocycles. The second-order valence-electron chi connectivity index (χ2n) is 4.29. The van der Waals surface area contributed by atoms with Crippen LogP contribution >= 0.6 is 22.6 Å². The van der Waals surface area contributed by atoms with Gasteiger partial charge >= 0.3 is 0 Å². The first kappa shape index (κ1) is 12.6. The summed E-state index contributed by atoms with van der Waals surface area (Å²) in [4.78, 5) is 10.6. The lowest BCUT2D eigenvalue weighted by molar-refractivity contribution is 0.209. The first-order valence-electron chi connectivity index (χ1n) is 4.81. The molecule has 0 unspecified atom stereocenters. The summed E-state index contributed by atoms with van der Waals surface area (Å²) in [6.45, 7) is 5.17. The van der Waals surface area contributed by atoms with Crippen molar-refractivity contribution in [2.75, 3.05) is 26.0 Å². The zero-order valence-electron chi connectivity index (χ0n) is 9.58. The van der Waals surface area contributed by atoms with Crippen molar-refractivity contribution in [2.45, 2.75) is 19.4 Å². The predicted molar refractivity (Wildman–Crippen MR) is 71.0 cm³/mol. The molecule has 0 aliphatic rings. The van der Waals surface area contributed by atoms with E-state index in [0.29, 0.717) is 5.95 Å². The first-order valence-corrected chi connectivity index (χ1v) is 5.88. The van der Waals surface area contributed by atoms with Crippen molar-refractivity contribution in [1.29, 1.82) is 0 Å². The van der Waals surface area contributed by atoms with Crippen molar-refractivity contribution >= 4 is 28.5 Å². The van der Waals surface area contributed by atoms with Gasteiger partial charge in [-0.05, 0) is 50.5 Å². The number of anilines is 1. The van der Waals surface area contributed by atoms with Crippen LogP contribution in [0.25, 0.3) is 0 Å². The Hall–Kier alpha value is -0.430. The van der Waals surface area contributed by atoms with Crippen LogP contribution < -0.4 is 5.32 Å². The molecule has 0 saturated heterocycles. The monoisotopic (exact) mass is 320 g/mol. The van der Waals surface area contributed by atoms with Crippen molar-refractivity contribution in [2.24, 2.45) is 0 Å². The molecule has 84 valence electrons. The van der Waals surface area contributed by atoms with E-state index in [1.54, 1.807) is 12.4 Å². The highest BCUT2D eigenvalue weighted by atomic mass is 127. The lowest BCUT2D eigenvalue weighted by Crippen LogP contribution is -2.44. The largest absolute Gasteiger partial charge is 0.352 e. The maximum Gasteiger partial charge on any atom is 0.222 e. The van der Waals surface area contributed by atoms with E-state index in [4.69, 9.17) is 0 Å². The van der Waals surface area contributed by atoms with Crippen LogP contribution in [-0.2, 0) is 0 Å². The van der Waals surface area contributed by atoms with Gasteiger partial charge < -0.3 is 10.2 Å². The molecule has 1 heterocycles. The van der Waals surface area contributed by atoms with E-state index in [-0.39, 0.29) is 5.54 Å². The number of aromatic nitrogens is 2. The van der Waals surface area contributed by atoms with E-state index < -0.39 is 0 Å². The lowest BCUT2D eigenvalue weighted by atomic mass is 10.1. The van der Waals surface area contributed by atoms with Crippen molar-refractivity contribution in [3.05, 3.63) is 16.0 Å². The highest BCUT2D eigenvalue weighted by Crippen LogP contribution is 2.10. The van der Waals surface area contributed by atoms with Gasteiger partial charge in [-0.3, -0.25) is 0 Å². The Morgan fingerprint density at radius 3 is 2.33 bits per heavy atom. The molecule has 0 bridgehead atoms. The van der Waals surface area contributed by atoms with E-state index in [2.05, 4.69) is 70.7 Å². The number of hydrogen-bond donors (Lipinski definition) is 1. The summed E-state index contributed by atoms with van der Waals surface area (Å²) in [7, 11) is 4.13. The highest BCUT2D eigenvalue weighted by molar-refractivity contribution is 14.1. The fourth-order valence-electron chi connectivity index (χ4n) is 0.857. The summed E-state index contributed by atoms with van der Waals surface area (Å²) >= 11 is 2.19. The second-order valence-corrected chi connectivity index (χ2v) is 5.53. The van der Waals surface area contributed by atoms with Gasteiger partial charge in [0.15, 0.2) is 0 Å². The Bertz CT molecular complexity index is 308. The minimum Gasteiger partial charge on any atom is -0.352 e. The Morgan fingerprint density at radius 2 is 1.87 bits per heavy atom. The quantitative estimate of drug-likeness (QED) is 0.860. The van der Waals surface area contributed by atoms with E-state index in [0.717, 1.165) is 10.1 Å². The van der Waals surface area contributed by atoms with E-state index in [9.17, 15) is 0 Å². The average Bonchev–Trinajstić information content (AvgIpc) is 2.17. The number of likely N-dealkylation sites (N-methyl/N-ethyl adjacent to an activating group) is 1. The summed E-state index contributed by atoms with van der Waals surface area (Å²) in [6.07, 6.45) is 3.61. The van der Waals surface area contributed by atoms with Gasteiger partial charge in [-0.25, -0.2) is 9.97 Å². The van der Waals surface area contributed by atoms with Crippen LogP contribution in [0, 0.1) is 3.57 Å². The standard InChI is InChI=1S/C10H17IN4/c1-10(2,15(3)4)7-14-9-12-5-8(11)6-13-9/h5-6H,7H2,1-4H3,(H,12,13,14). The zero-order valence-corrected chi connectivity index (χ0v) is 11.7. The summed E-state index contributed by atoms with van der Waals surface area (Å²) < 4.78 is 1.05. The number of nitrogens with one attached hydrogen (secondary N) is 1. The minimum absolute atomic E-state index is 0.0896. The summed E-state index contributed by atoms with van der Waals surface area (Å²) in [5.41, 5.74) is 0.0896. The Labute approximate surface area is 105 Å². The molecule has 1 rings (SSSR count). The van der Waals surface area contributed by atoms with Crippen molar-refractivity contribution < 1.29 is 0 Å². The number of hydrogen-bond acceptors (Lipinski definition) is 4. The molecule has 1 aromatic rings. The molecule has 15 heavy (non-hydrogen) atoms. The predicted octanol–water partition coefficient (Wildman–Crippen LogP) is 1.83. The number of rotatable bonds is 4. The molecular weight excluding hydrogens is 303 g/mol. The van der Waals surface area contributed by atoms with Gasteiger partial charge in [0, 0.05) is 28.0 Å². The topological polar surface area (TPSA) is 41.0 Å². The normalized spacial score (nSPS) is 11.9. The van der Waals surface area contributed by atoms with Crippen LogP contribution in [0.15, 0.2) is 12.4 Å². The smallest absolute Gasteiger partial charge is 0.222 e. The molecule has 0 aliphatic heterocycles. The van der Waals surface area contributed by atoms with E-state index in [1.165, 1.54) is 0 Å². The fraction of sp³-hybridized carbons (Fsp3) is 0.600.